The molecule has 2 aromatic carbocycles. The fourth-order valence-electron chi connectivity index (χ4n) is 1.86. The van der Waals surface area contributed by atoms with Crippen molar-refractivity contribution in [1.29, 1.82) is 0 Å². The SMILES string of the molecule is C=C(CS(=O)(=O)c1ccc(C)cc1)c1ccc(N)cc1. The van der Waals surface area contributed by atoms with Gasteiger partial charge in [0.1, 0.15) is 0 Å². The summed E-state index contributed by atoms with van der Waals surface area (Å²) in [5.74, 6) is -0.0972. The van der Waals surface area contributed by atoms with Gasteiger partial charge in [-0.3, -0.25) is 0 Å². The van der Waals surface area contributed by atoms with Crippen molar-refractivity contribution in [2.75, 3.05) is 11.5 Å². The summed E-state index contributed by atoms with van der Waals surface area (Å²) in [6, 6.07) is 13.9. The van der Waals surface area contributed by atoms with E-state index in [1.165, 1.54) is 0 Å². The number of aryl methyl sites for hydroxylation is 1. The van der Waals surface area contributed by atoms with Crippen LogP contribution in [0.25, 0.3) is 5.57 Å². The van der Waals surface area contributed by atoms with Crippen molar-refractivity contribution in [2.24, 2.45) is 0 Å². The Kier molecular flexibility index (Phi) is 3.95. The van der Waals surface area contributed by atoms with Gasteiger partial charge >= 0.3 is 0 Å². The van der Waals surface area contributed by atoms with Crippen LogP contribution >= 0.6 is 0 Å². The minimum absolute atomic E-state index is 0.0972. The molecule has 0 fully saturated rings. The molecule has 0 saturated carbocycles. The summed E-state index contributed by atoms with van der Waals surface area (Å²) in [7, 11) is -3.37. The van der Waals surface area contributed by atoms with E-state index in [4.69, 9.17) is 5.73 Å². The molecule has 0 amide bonds. The van der Waals surface area contributed by atoms with E-state index in [2.05, 4.69) is 6.58 Å². The lowest BCUT2D eigenvalue weighted by atomic mass is 10.1. The highest BCUT2D eigenvalue weighted by Gasteiger charge is 2.16. The van der Waals surface area contributed by atoms with Crippen LogP contribution in [0.3, 0.4) is 0 Å². The van der Waals surface area contributed by atoms with Gasteiger partial charge in [0.15, 0.2) is 9.84 Å². The average Bonchev–Trinajstić information content (AvgIpc) is 2.39. The van der Waals surface area contributed by atoms with Crippen LogP contribution in [0.1, 0.15) is 11.1 Å². The van der Waals surface area contributed by atoms with Crippen LogP contribution in [0, 0.1) is 6.92 Å². The molecule has 0 aliphatic heterocycles. The van der Waals surface area contributed by atoms with Crippen LogP contribution < -0.4 is 5.73 Å². The molecule has 0 saturated heterocycles. The molecule has 4 heteroatoms. The van der Waals surface area contributed by atoms with Gasteiger partial charge in [0, 0.05) is 5.69 Å². The van der Waals surface area contributed by atoms with Gasteiger partial charge in [0.25, 0.3) is 0 Å². The first-order valence-corrected chi connectivity index (χ1v) is 7.87. The molecule has 0 bridgehead atoms. The fraction of sp³-hybridized carbons (Fsp3) is 0.125. The Morgan fingerprint density at radius 3 is 2.15 bits per heavy atom. The van der Waals surface area contributed by atoms with Crippen LogP contribution in [0.4, 0.5) is 5.69 Å². The van der Waals surface area contributed by atoms with E-state index in [0.29, 0.717) is 16.2 Å². The second-order valence-corrected chi connectivity index (χ2v) is 6.79. The molecule has 2 rings (SSSR count). The number of benzene rings is 2. The van der Waals surface area contributed by atoms with Crippen molar-refractivity contribution >= 4 is 21.1 Å². The van der Waals surface area contributed by atoms with Gasteiger partial charge in [-0.25, -0.2) is 8.42 Å². The molecular weight excluding hydrogens is 270 g/mol. The fourth-order valence-corrected chi connectivity index (χ4v) is 3.20. The third-order valence-corrected chi connectivity index (χ3v) is 4.78. The smallest absolute Gasteiger partial charge is 0.182 e. The van der Waals surface area contributed by atoms with E-state index in [1.807, 2.05) is 6.92 Å². The average molecular weight is 287 g/mol. The van der Waals surface area contributed by atoms with Gasteiger partial charge in [-0.15, -0.1) is 0 Å². The zero-order chi connectivity index (χ0) is 14.8. The minimum Gasteiger partial charge on any atom is -0.399 e. The first-order chi connectivity index (χ1) is 9.38. The lowest BCUT2D eigenvalue weighted by Crippen LogP contribution is -2.08. The zero-order valence-electron chi connectivity index (χ0n) is 11.3. The van der Waals surface area contributed by atoms with Crippen LogP contribution in [0.15, 0.2) is 60.0 Å². The van der Waals surface area contributed by atoms with Crippen molar-refractivity contribution in [3.05, 3.63) is 66.2 Å². The Morgan fingerprint density at radius 1 is 1.05 bits per heavy atom. The number of rotatable bonds is 4. The van der Waals surface area contributed by atoms with Gasteiger partial charge in [-0.05, 0) is 42.3 Å². The van der Waals surface area contributed by atoms with E-state index in [1.54, 1.807) is 48.5 Å². The first kappa shape index (κ1) is 14.3. The van der Waals surface area contributed by atoms with E-state index < -0.39 is 9.84 Å². The number of hydrogen-bond acceptors (Lipinski definition) is 3. The summed E-state index contributed by atoms with van der Waals surface area (Å²) in [4.78, 5) is 0.319. The van der Waals surface area contributed by atoms with Gasteiger partial charge in [0.05, 0.1) is 10.6 Å². The largest absolute Gasteiger partial charge is 0.399 e. The summed E-state index contributed by atoms with van der Waals surface area (Å²) < 4.78 is 24.6. The normalized spacial score (nSPS) is 11.2. The summed E-state index contributed by atoms with van der Waals surface area (Å²) in [6.07, 6.45) is 0. The van der Waals surface area contributed by atoms with Crippen molar-refractivity contribution in [3.63, 3.8) is 0 Å². The Hall–Kier alpha value is -2.07. The molecule has 2 N–H and O–H groups in total. The van der Waals surface area contributed by atoms with Crippen molar-refractivity contribution in [3.8, 4) is 0 Å². The molecule has 0 aliphatic carbocycles. The topological polar surface area (TPSA) is 60.2 Å². The molecule has 0 atom stereocenters. The predicted octanol–water partition coefficient (Wildman–Crippen LogP) is 3.06. The third kappa shape index (κ3) is 3.27. The number of nitrogens with two attached hydrogens (primary N) is 1. The summed E-state index contributed by atoms with van der Waals surface area (Å²) in [5.41, 5.74) is 8.63. The molecule has 0 spiro atoms. The molecule has 0 aliphatic rings. The molecule has 0 radical (unpaired) electrons. The summed E-state index contributed by atoms with van der Waals surface area (Å²) >= 11 is 0. The Labute approximate surface area is 119 Å². The predicted molar refractivity (Wildman–Crippen MR) is 83.1 cm³/mol. The molecule has 20 heavy (non-hydrogen) atoms. The zero-order valence-corrected chi connectivity index (χ0v) is 12.2. The Morgan fingerprint density at radius 2 is 1.60 bits per heavy atom. The van der Waals surface area contributed by atoms with E-state index in [9.17, 15) is 8.42 Å². The molecule has 2 aromatic rings. The number of anilines is 1. The lowest BCUT2D eigenvalue weighted by molar-refractivity contribution is 0.599. The highest BCUT2D eigenvalue weighted by atomic mass is 32.2. The van der Waals surface area contributed by atoms with Gasteiger partial charge in [0.2, 0.25) is 0 Å². The summed E-state index contributed by atoms with van der Waals surface area (Å²) in [6.45, 7) is 5.78. The molecule has 0 aromatic heterocycles. The minimum atomic E-state index is -3.37. The lowest BCUT2D eigenvalue weighted by Gasteiger charge is -2.08. The maximum Gasteiger partial charge on any atom is 0.182 e. The monoisotopic (exact) mass is 287 g/mol. The van der Waals surface area contributed by atoms with Crippen LogP contribution in [0.2, 0.25) is 0 Å². The second kappa shape index (κ2) is 5.51. The van der Waals surface area contributed by atoms with E-state index >= 15 is 0 Å². The third-order valence-electron chi connectivity index (χ3n) is 3.06. The van der Waals surface area contributed by atoms with E-state index in [0.717, 1.165) is 11.1 Å². The molecule has 0 unspecified atom stereocenters. The number of hydrogen-bond donors (Lipinski definition) is 1. The molecule has 104 valence electrons. The van der Waals surface area contributed by atoms with Gasteiger partial charge < -0.3 is 5.73 Å². The highest BCUT2D eigenvalue weighted by Crippen LogP contribution is 2.20. The Balaban J connectivity index is 2.22. The van der Waals surface area contributed by atoms with Crippen molar-refractivity contribution in [1.82, 2.24) is 0 Å². The first-order valence-electron chi connectivity index (χ1n) is 6.21. The number of nitrogen functional groups attached to an aromatic ring is 1. The maximum absolute atomic E-state index is 12.3. The molecule has 0 heterocycles. The second-order valence-electron chi connectivity index (χ2n) is 4.80. The molecule has 3 nitrogen and oxygen atoms in total. The van der Waals surface area contributed by atoms with Crippen LogP contribution in [0.5, 0.6) is 0 Å². The van der Waals surface area contributed by atoms with E-state index in [-0.39, 0.29) is 5.75 Å². The maximum atomic E-state index is 12.3. The van der Waals surface area contributed by atoms with Crippen LogP contribution in [-0.2, 0) is 9.84 Å². The van der Waals surface area contributed by atoms with Crippen molar-refractivity contribution in [2.45, 2.75) is 11.8 Å². The van der Waals surface area contributed by atoms with Crippen LogP contribution in [-0.4, -0.2) is 14.2 Å². The highest BCUT2D eigenvalue weighted by molar-refractivity contribution is 7.91. The van der Waals surface area contributed by atoms with Crippen molar-refractivity contribution < 1.29 is 8.42 Å². The van der Waals surface area contributed by atoms with Gasteiger partial charge in [-0.1, -0.05) is 36.4 Å². The number of sulfone groups is 1. The van der Waals surface area contributed by atoms with Gasteiger partial charge in [-0.2, -0.15) is 0 Å². The quantitative estimate of drug-likeness (QED) is 0.879. The summed E-state index contributed by atoms with van der Waals surface area (Å²) in [5, 5.41) is 0. The standard InChI is InChI=1S/C16H17NO2S/c1-12-3-9-16(10-4-12)20(18,19)11-13(2)14-5-7-15(17)8-6-14/h3-10H,2,11,17H2,1H3. The molecular formula is C16H17NO2S. The Bertz CT molecular complexity index is 714.